The molecule has 2 unspecified atom stereocenters. The average Bonchev–Trinajstić information content (AvgIpc) is 2.84. The molecule has 0 spiro atoms. The van der Waals surface area contributed by atoms with Crippen molar-refractivity contribution in [3.63, 3.8) is 0 Å². The molecule has 2 fully saturated rings. The second-order valence-corrected chi connectivity index (χ2v) is 4.44. The van der Waals surface area contributed by atoms with E-state index in [1.807, 2.05) is 30.3 Å². The van der Waals surface area contributed by atoms with Gasteiger partial charge in [-0.3, -0.25) is 19.3 Å². The first-order valence-corrected chi connectivity index (χ1v) is 5.69. The van der Waals surface area contributed by atoms with Gasteiger partial charge >= 0.3 is 0 Å². The first-order valence-electron chi connectivity index (χ1n) is 5.69. The zero-order valence-electron chi connectivity index (χ0n) is 9.82. The molecule has 2 saturated heterocycles. The molecule has 2 aliphatic rings. The fraction of sp³-hybridized carbons (Fsp3) is 0.333. The van der Waals surface area contributed by atoms with Gasteiger partial charge in [0.2, 0.25) is 5.91 Å². The molecule has 2 amide bonds. The Bertz CT molecular complexity index is 505. The van der Waals surface area contributed by atoms with Gasteiger partial charge in [0.05, 0.1) is 5.69 Å². The Kier molecular flexibility index (Phi) is 2.36. The van der Waals surface area contributed by atoms with Crippen molar-refractivity contribution in [3.8, 4) is 0 Å². The lowest BCUT2D eigenvalue weighted by atomic mass is 10.0. The van der Waals surface area contributed by atoms with E-state index in [1.165, 1.54) is 12.1 Å². The summed E-state index contributed by atoms with van der Waals surface area (Å²) in [7, 11) is 1.45. The van der Waals surface area contributed by atoms with Gasteiger partial charge in [-0.2, -0.15) is 0 Å². The summed E-state index contributed by atoms with van der Waals surface area (Å²) < 4.78 is 0. The van der Waals surface area contributed by atoms with Crippen molar-refractivity contribution in [1.82, 2.24) is 4.90 Å². The SMILES string of the molecule is CN1C(=O)C2ON(c3ccccc3)[C@H](N)C2C1=O. The van der Waals surface area contributed by atoms with E-state index in [-0.39, 0.29) is 11.8 Å². The van der Waals surface area contributed by atoms with E-state index in [1.54, 1.807) is 0 Å². The van der Waals surface area contributed by atoms with Gasteiger partial charge < -0.3 is 5.73 Å². The van der Waals surface area contributed by atoms with Gasteiger partial charge in [-0.1, -0.05) is 18.2 Å². The van der Waals surface area contributed by atoms with Crippen LogP contribution in [0.5, 0.6) is 0 Å². The number of amides is 2. The van der Waals surface area contributed by atoms with Crippen molar-refractivity contribution in [1.29, 1.82) is 0 Å². The fourth-order valence-electron chi connectivity index (χ4n) is 2.39. The van der Waals surface area contributed by atoms with Crippen molar-refractivity contribution in [2.45, 2.75) is 12.3 Å². The molecule has 18 heavy (non-hydrogen) atoms. The van der Waals surface area contributed by atoms with Gasteiger partial charge in [0.1, 0.15) is 12.1 Å². The number of imide groups is 1. The molecule has 2 aliphatic heterocycles. The van der Waals surface area contributed by atoms with E-state index in [0.717, 1.165) is 10.6 Å². The molecule has 0 saturated carbocycles. The Labute approximate surface area is 104 Å². The van der Waals surface area contributed by atoms with Crippen LogP contribution in [0.3, 0.4) is 0 Å². The number of benzene rings is 1. The minimum absolute atomic E-state index is 0.282. The molecule has 3 rings (SSSR count). The van der Waals surface area contributed by atoms with Crippen LogP contribution in [0.4, 0.5) is 5.69 Å². The van der Waals surface area contributed by atoms with Gasteiger partial charge in [0.25, 0.3) is 5.91 Å². The van der Waals surface area contributed by atoms with Gasteiger partial charge in [-0.25, -0.2) is 5.06 Å². The molecule has 6 nitrogen and oxygen atoms in total. The number of carbonyl (C=O) groups excluding carboxylic acids is 2. The fourth-order valence-corrected chi connectivity index (χ4v) is 2.39. The van der Waals surface area contributed by atoms with E-state index in [0.29, 0.717) is 0 Å². The number of rotatable bonds is 1. The van der Waals surface area contributed by atoms with Crippen molar-refractivity contribution in [2.75, 3.05) is 12.1 Å². The third-order valence-corrected chi connectivity index (χ3v) is 3.39. The highest BCUT2D eigenvalue weighted by atomic mass is 16.7. The molecular weight excluding hydrogens is 234 g/mol. The Morgan fingerprint density at radius 3 is 2.44 bits per heavy atom. The summed E-state index contributed by atoms with van der Waals surface area (Å²) in [6.45, 7) is 0. The number of anilines is 1. The normalized spacial score (nSPS) is 31.1. The van der Waals surface area contributed by atoms with Crippen LogP contribution in [0.2, 0.25) is 0 Å². The number of likely N-dealkylation sites (tertiary alicyclic amines) is 1. The van der Waals surface area contributed by atoms with Gasteiger partial charge in [-0.15, -0.1) is 0 Å². The van der Waals surface area contributed by atoms with Gasteiger partial charge in [-0.05, 0) is 12.1 Å². The van der Waals surface area contributed by atoms with E-state index >= 15 is 0 Å². The molecule has 2 heterocycles. The minimum Gasteiger partial charge on any atom is -0.309 e. The van der Waals surface area contributed by atoms with E-state index in [4.69, 9.17) is 10.6 Å². The first kappa shape index (κ1) is 11.2. The summed E-state index contributed by atoms with van der Waals surface area (Å²) in [5.74, 6) is -1.24. The molecule has 3 atom stereocenters. The van der Waals surface area contributed by atoms with Crippen molar-refractivity contribution < 1.29 is 14.4 Å². The molecule has 1 aromatic rings. The summed E-state index contributed by atoms with van der Waals surface area (Å²) in [6, 6.07) is 9.19. The molecule has 6 heteroatoms. The topological polar surface area (TPSA) is 75.9 Å². The summed E-state index contributed by atoms with van der Waals surface area (Å²) in [5.41, 5.74) is 6.75. The molecule has 0 aromatic heterocycles. The number of likely N-dealkylation sites (N-methyl/N-ethyl adjacent to an activating group) is 1. The largest absolute Gasteiger partial charge is 0.309 e. The Hall–Kier alpha value is -1.92. The average molecular weight is 247 g/mol. The van der Waals surface area contributed by atoms with Crippen molar-refractivity contribution in [2.24, 2.45) is 11.7 Å². The van der Waals surface area contributed by atoms with Gasteiger partial charge in [0.15, 0.2) is 6.10 Å². The lowest BCUT2D eigenvalue weighted by Gasteiger charge is -2.24. The summed E-state index contributed by atoms with van der Waals surface area (Å²) in [6.07, 6.45) is -1.43. The van der Waals surface area contributed by atoms with Crippen molar-refractivity contribution in [3.05, 3.63) is 30.3 Å². The molecule has 0 radical (unpaired) electrons. The predicted molar refractivity (Wildman–Crippen MR) is 63.0 cm³/mol. The molecule has 2 N–H and O–H groups in total. The van der Waals surface area contributed by atoms with Crippen LogP contribution in [0.25, 0.3) is 0 Å². The molecule has 0 bridgehead atoms. The summed E-state index contributed by atoms with van der Waals surface area (Å²) >= 11 is 0. The number of hydroxylamine groups is 1. The predicted octanol–water partition coefficient (Wildman–Crippen LogP) is -0.294. The number of hydrogen-bond acceptors (Lipinski definition) is 5. The minimum atomic E-state index is -0.794. The number of nitrogens with two attached hydrogens (primary N) is 1. The maximum Gasteiger partial charge on any atom is 0.261 e. The maximum atomic E-state index is 11.9. The quantitative estimate of drug-likeness (QED) is 0.690. The van der Waals surface area contributed by atoms with Crippen LogP contribution in [0.15, 0.2) is 30.3 Å². The molecule has 1 aromatic carbocycles. The monoisotopic (exact) mass is 247 g/mol. The molecular formula is C12H13N3O3. The highest BCUT2D eigenvalue weighted by Gasteiger charge is 2.57. The van der Waals surface area contributed by atoms with E-state index < -0.39 is 18.2 Å². The lowest BCUT2D eigenvalue weighted by Crippen LogP contribution is -2.44. The Morgan fingerprint density at radius 1 is 1.17 bits per heavy atom. The van der Waals surface area contributed by atoms with Crippen LogP contribution < -0.4 is 10.8 Å². The summed E-state index contributed by atoms with van der Waals surface area (Å²) in [4.78, 5) is 30.3. The third-order valence-electron chi connectivity index (χ3n) is 3.39. The van der Waals surface area contributed by atoms with Crippen LogP contribution in [0.1, 0.15) is 0 Å². The highest BCUT2D eigenvalue weighted by molar-refractivity contribution is 6.07. The van der Waals surface area contributed by atoms with E-state index in [2.05, 4.69) is 0 Å². The van der Waals surface area contributed by atoms with Crippen LogP contribution >= 0.6 is 0 Å². The zero-order valence-corrected chi connectivity index (χ0v) is 9.82. The third kappa shape index (κ3) is 1.36. The van der Waals surface area contributed by atoms with Crippen LogP contribution in [-0.2, 0) is 14.4 Å². The van der Waals surface area contributed by atoms with Crippen molar-refractivity contribution >= 4 is 17.5 Å². The highest BCUT2D eigenvalue weighted by Crippen LogP contribution is 2.35. The summed E-state index contributed by atoms with van der Waals surface area (Å²) in [5, 5.41) is 1.44. The standard InChI is InChI=1S/C12H13N3O3/c1-14-11(16)8-9(12(14)17)18-15(10(8)13)7-5-3-2-4-6-7/h2-6,8-10H,13H2,1H3/t8?,9?,10-/m0/s1. The number of hydrogen-bond donors (Lipinski definition) is 1. The maximum absolute atomic E-state index is 11.9. The second kappa shape index (κ2) is 3.79. The zero-order chi connectivity index (χ0) is 12.9. The smallest absolute Gasteiger partial charge is 0.261 e. The first-order chi connectivity index (χ1) is 8.61. The lowest BCUT2D eigenvalue weighted by molar-refractivity contribution is -0.141. The number of carbonyl (C=O) groups is 2. The number of nitrogens with zero attached hydrogens (tertiary/aromatic N) is 2. The van der Waals surface area contributed by atoms with Crippen LogP contribution in [-0.4, -0.2) is 36.0 Å². The second-order valence-electron chi connectivity index (χ2n) is 4.44. The molecule has 0 aliphatic carbocycles. The Balaban J connectivity index is 1.93. The Morgan fingerprint density at radius 2 is 1.83 bits per heavy atom. The molecule has 94 valence electrons. The number of fused-ring (bicyclic) bond motifs is 1. The van der Waals surface area contributed by atoms with Gasteiger partial charge in [0, 0.05) is 7.05 Å². The van der Waals surface area contributed by atoms with Crippen LogP contribution in [0, 0.1) is 5.92 Å². The number of para-hydroxylation sites is 1. The van der Waals surface area contributed by atoms with E-state index in [9.17, 15) is 9.59 Å².